The maximum Gasteiger partial charge on any atom is 0.229 e. The lowest BCUT2D eigenvalue weighted by molar-refractivity contribution is -0.139. The molecule has 0 aliphatic carbocycles. The number of fused-ring (bicyclic) bond motifs is 1. The summed E-state index contributed by atoms with van der Waals surface area (Å²) in [7, 11) is 0. The van der Waals surface area contributed by atoms with Crippen LogP contribution in [-0.4, -0.2) is 52.1 Å². The van der Waals surface area contributed by atoms with Gasteiger partial charge in [0.25, 0.3) is 0 Å². The second kappa shape index (κ2) is 7.56. The van der Waals surface area contributed by atoms with Crippen LogP contribution in [0.4, 0.5) is 0 Å². The second-order valence-corrected chi connectivity index (χ2v) is 8.51. The lowest BCUT2D eigenvalue weighted by Gasteiger charge is -2.31. The van der Waals surface area contributed by atoms with Crippen LogP contribution in [0.25, 0.3) is 10.2 Å². The number of aromatic nitrogens is 1. The molecule has 0 N–H and O–H groups in total. The molecule has 4 rings (SSSR count). The quantitative estimate of drug-likeness (QED) is 0.732. The van der Waals surface area contributed by atoms with Gasteiger partial charge in [0.05, 0.1) is 15.2 Å². The van der Waals surface area contributed by atoms with E-state index >= 15 is 0 Å². The number of hydrogen-bond acceptors (Lipinski definition) is 5. The number of carbonyl (C=O) groups is 3. The van der Waals surface area contributed by atoms with Gasteiger partial charge in [-0.25, -0.2) is 4.98 Å². The van der Waals surface area contributed by atoms with Crippen molar-refractivity contribution in [2.24, 2.45) is 0 Å². The van der Waals surface area contributed by atoms with Crippen molar-refractivity contribution in [2.75, 3.05) is 19.6 Å². The number of imide groups is 1. The summed E-state index contributed by atoms with van der Waals surface area (Å²) in [6.07, 6.45) is 2.50. The molecule has 2 aliphatic rings. The summed E-state index contributed by atoms with van der Waals surface area (Å²) < 4.78 is 1.13. The van der Waals surface area contributed by atoms with Gasteiger partial charge in [0, 0.05) is 49.8 Å². The molecule has 3 amide bonds. The molecule has 8 heteroatoms. The summed E-state index contributed by atoms with van der Waals surface area (Å²) in [4.78, 5) is 43.5. The lowest BCUT2D eigenvalue weighted by atomic mass is 9.97. The Morgan fingerprint density at radius 2 is 1.89 bits per heavy atom. The average Bonchev–Trinajstić information content (AvgIpc) is 3.23. The van der Waals surface area contributed by atoms with Crippen molar-refractivity contribution in [3.63, 3.8) is 0 Å². The van der Waals surface area contributed by atoms with Gasteiger partial charge in [0.2, 0.25) is 17.7 Å². The normalized spacial score (nSPS) is 18.7. The van der Waals surface area contributed by atoms with Gasteiger partial charge in [-0.2, -0.15) is 0 Å². The van der Waals surface area contributed by atoms with Gasteiger partial charge in [-0.1, -0.05) is 11.6 Å². The number of amides is 3. The van der Waals surface area contributed by atoms with Crippen LogP contribution in [0.5, 0.6) is 0 Å². The predicted octanol–water partition coefficient (Wildman–Crippen LogP) is 3.19. The molecule has 2 fully saturated rings. The molecule has 0 radical (unpaired) electrons. The van der Waals surface area contributed by atoms with Crippen LogP contribution in [0.15, 0.2) is 18.2 Å². The highest BCUT2D eigenvalue weighted by Crippen LogP contribution is 2.34. The molecule has 1 aromatic carbocycles. The zero-order valence-corrected chi connectivity index (χ0v) is 16.4. The van der Waals surface area contributed by atoms with E-state index in [9.17, 15) is 14.4 Å². The minimum absolute atomic E-state index is 0.0111. The molecule has 0 unspecified atom stereocenters. The van der Waals surface area contributed by atoms with Crippen LogP contribution in [-0.2, 0) is 14.4 Å². The first kappa shape index (κ1) is 18.4. The van der Waals surface area contributed by atoms with E-state index in [0.29, 0.717) is 24.0 Å². The van der Waals surface area contributed by atoms with Crippen molar-refractivity contribution in [3.8, 4) is 0 Å². The van der Waals surface area contributed by atoms with Crippen molar-refractivity contribution in [3.05, 3.63) is 28.2 Å². The number of rotatable bonds is 4. The molecule has 2 aliphatic heterocycles. The zero-order chi connectivity index (χ0) is 19.0. The molecule has 0 bridgehead atoms. The Bertz CT molecular complexity index is 889. The number of benzene rings is 1. The Morgan fingerprint density at radius 3 is 2.59 bits per heavy atom. The van der Waals surface area contributed by atoms with Gasteiger partial charge in [-0.3, -0.25) is 19.3 Å². The SMILES string of the molecule is O=C(CCN1C(=O)CCC1=O)N1CCC(c2nc3cc(Cl)ccc3s2)CC1. The molecule has 0 saturated carbocycles. The third kappa shape index (κ3) is 3.84. The summed E-state index contributed by atoms with van der Waals surface area (Å²) in [6, 6.07) is 5.76. The zero-order valence-electron chi connectivity index (χ0n) is 14.8. The fourth-order valence-electron chi connectivity index (χ4n) is 3.71. The third-order valence-corrected chi connectivity index (χ3v) is 6.70. The fourth-order valence-corrected chi connectivity index (χ4v) is 4.99. The topological polar surface area (TPSA) is 70.6 Å². The van der Waals surface area contributed by atoms with Crippen LogP contribution >= 0.6 is 22.9 Å². The van der Waals surface area contributed by atoms with Gasteiger partial charge in [0.1, 0.15) is 0 Å². The molecule has 27 heavy (non-hydrogen) atoms. The standard InChI is InChI=1S/C19H20ClN3O3S/c20-13-1-2-15-14(11-13)21-19(27-15)12-5-8-22(9-6-12)16(24)7-10-23-17(25)3-4-18(23)26/h1-2,11-12H,3-10H2. The van der Waals surface area contributed by atoms with E-state index in [4.69, 9.17) is 16.6 Å². The Hall–Kier alpha value is -1.99. The molecule has 0 spiro atoms. The molecule has 142 valence electrons. The number of thiazole rings is 1. The molecular weight excluding hydrogens is 386 g/mol. The number of nitrogens with zero attached hydrogens (tertiary/aromatic N) is 3. The number of hydrogen-bond donors (Lipinski definition) is 0. The summed E-state index contributed by atoms with van der Waals surface area (Å²) in [6.45, 7) is 1.57. The van der Waals surface area contributed by atoms with Crippen molar-refractivity contribution < 1.29 is 14.4 Å². The maximum absolute atomic E-state index is 12.4. The minimum Gasteiger partial charge on any atom is -0.343 e. The first-order valence-corrected chi connectivity index (χ1v) is 10.4. The maximum atomic E-state index is 12.4. The molecule has 6 nitrogen and oxygen atoms in total. The Kier molecular flexibility index (Phi) is 5.14. The van der Waals surface area contributed by atoms with Gasteiger partial charge in [0.15, 0.2) is 0 Å². The van der Waals surface area contributed by atoms with E-state index < -0.39 is 0 Å². The van der Waals surface area contributed by atoms with E-state index in [2.05, 4.69) is 0 Å². The molecule has 1 aromatic heterocycles. The highest BCUT2D eigenvalue weighted by Gasteiger charge is 2.30. The van der Waals surface area contributed by atoms with Gasteiger partial charge < -0.3 is 4.90 Å². The van der Waals surface area contributed by atoms with Crippen molar-refractivity contribution in [1.82, 2.24) is 14.8 Å². The fraction of sp³-hybridized carbons (Fsp3) is 0.474. The highest BCUT2D eigenvalue weighted by molar-refractivity contribution is 7.18. The van der Waals surface area contributed by atoms with Crippen LogP contribution in [0.2, 0.25) is 5.02 Å². The van der Waals surface area contributed by atoms with Gasteiger partial charge in [-0.15, -0.1) is 11.3 Å². The van der Waals surface area contributed by atoms with Crippen LogP contribution in [0.1, 0.15) is 43.0 Å². The van der Waals surface area contributed by atoms with Crippen LogP contribution < -0.4 is 0 Å². The summed E-state index contributed by atoms with van der Waals surface area (Å²) in [5, 5.41) is 1.79. The Labute approximate surface area is 166 Å². The van der Waals surface area contributed by atoms with Crippen molar-refractivity contribution in [2.45, 2.75) is 38.0 Å². The lowest BCUT2D eigenvalue weighted by Crippen LogP contribution is -2.40. The van der Waals surface area contributed by atoms with E-state index in [1.807, 2.05) is 23.1 Å². The van der Waals surface area contributed by atoms with E-state index in [0.717, 1.165) is 28.1 Å². The van der Waals surface area contributed by atoms with Crippen molar-refractivity contribution >= 4 is 50.9 Å². The van der Waals surface area contributed by atoms with Gasteiger partial charge in [-0.05, 0) is 31.0 Å². The van der Waals surface area contributed by atoms with E-state index in [1.165, 1.54) is 4.90 Å². The largest absolute Gasteiger partial charge is 0.343 e. The summed E-state index contributed by atoms with van der Waals surface area (Å²) >= 11 is 7.73. The van der Waals surface area contributed by atoms with Crippen LogP contribution in [0.3, 0.4) is 0 Å². The number of carbonyl (C=O) groups excluding carboxylic acids is 3. The number of piperidine rings is 1. The molecular formula is C19H20ClN3O3S. The molecule has 0 atom stereocenters. The number of likely N-dealkylation sites (tertiary alicyclic amines) is 2. The monoisotopic (exact) mass is 405 g/mol. The van der Waals surface area contributed by atoms with Crippen LogP contribution in [0, 0.1) is 0 Å². The smallest absolute Gasteiger partial charge is 0.229 e. The van der Waals surface area contributed by atoms with Gasteiger partial charge >= 0.3 is 0 Å². The first-order chi connectivity index (χ1) is 13.0. The van der Waals surface area contributed by atoms with E-state index in [1.54, 1.807) is 11.3 Å². The second-order valence-electron chi connectivity index (χ2n) is 7.01. The molecule has 2 aromatic rings. The average molecular weight is 406 g/mol. The third-order valence-electron chi connectivity index (χ3n) is 5.27. The summed E-state index contributed by atoms with van der Waals surface area (Å²) in [5.41, 5.74) is 0.931. The number of halogens is 1. The molecule has 2 saturated heterocycles. The summed E-state index contributed by atoms with van der Waals surface area (Å²) in [5.74, 6) is 0.0360. The highest BCUT2D eigenvalue weighted by atomic mass is 35.5. The Morgan fingerprint density at radius 1 is 1.19 bits per heavy atom. The van der Waals surface area contributed by atoms with E-state index in [-0.39, 0.29) is 43.5 Å². The predicted molar refractivity (Wildman–Crippen MR) is 104 cm³/mol. The van der Waals surface area contributed by atoms with Crippen molar-refractivity contribution in [1.29, 1.82) is 0 Å². The Balaban J connectivity index is 1.32. The first-order valence-electron chi connectivity index (χ1n) is 9.18. The minimum atomic E-state index is -0.164. The molecule has 3 heterocycles.